The number of benzene rings is 3. The van der Waals surface area contributed by atoms with E-state index in [0.29, 0.717) is 28.1 Å². The van der Waals surface area contributed by atoms with Crippen LogP contribution >= 0.6 is 34.8 Å². The average Bonchev–Trinajstić information content (AvgIpc) is 2.77. The second kappa shape index (κ2) is 11.5. The van der Waals surface area contributed by atoms with Gasteiger partial charge in [-0.2, -0.15) is 5.10 Å². The van der Waals surface area contributed by atoms with Gasteiger partial charge >= 0.3 is 0 Å². The second-order valence-electron chi connectivity index (χ2n) is 6.60. The molecule has 0 aliphatic carbocycles. The van der Waals surface area contributed by atoms with E-state index in [1.807, 2.05) is 24.3 Å². The lowest BCUT2D eigenvalue weighted by molar-refractivity contribution is -0.126. The highest BCUT2D eigenvalue weighted by Crippen LogP contribution is 2.29. The van der Waals surface area contributed by atoms with Crippen LogP contribution in [0.4, 0.5) is 5.69 Å². The minimum absolute atomic E-state index is 0.210. The number of nitrogens with zero attached hydrogens (tertiary/aromatic N) is 1. The Morgan fingerprint density at radius 1 is 0.906 bits per heavy atom. The molecule has 2 N–H and O–H groups in total. The monoisotopic (exact) mass is 489 g/mol. The van der Waals surface area contributed by atoms with Crippen LogP contribution in [0.3, 0.4) is 0 Å². The number of nitrogens with one attached hydrogen (secondary N) is 2. The minimum atomic E-state index is -0.570. The summed E-state index contributed by atoms with van der Waals surface area (Å²) in [6.07, 6.45) is 1.05. The standard InChI is InChI=1S/C23H18Cl3N3O3/c24-17-8-4-16(5-9-17)14-32-18-10-6-15(7-11-18)13-27-29-22(31)12-21(30)28-20-3-1-2-19(25)23(20)26/h1-11,13H,12,14H2,(H,28,30)(H,29,31). The molecule has 0 bridgehead atoms. The highest BCUT2D eigenvalue weighted by molar-refractivity contribution is 6.44. The molecular formula is C23H18Cl3N3O3. The molecule has 9 heteroatoms. The van der Waals surface area contributed by atoms with Gasteiger partial charge in [0.15, 0.2) is 0 Å². The molecule has 0 saturated carbocycles. The van der Waals surface area contributed by atoms with Crippen molar-refractivity contribution in [2.24, 2.45) is 5.10 Å². The van der Waals surface area contributed by atoms with Crippen molar-refractivity contribution in [3.05, 3.63) is 92.9 Å². The van der Waals surface area contributed by atoms with Crippen molar-refractivity contribution in [3.63, 3.8) is 0 Å². The molecule has 0 aliphatic heterocycles. The highest BCUT2D eigenvalue weighted by atomic mass is 35.5. The Labute approximate surface area is 200 Å². The van der Waals surface area contributed by atoms with Crippen molar-refractivity contribution in [2.75, 3.05) is 5.32 Å². The molecule has 0 heterocycles. The Bertz CT molecular complexity index is 1120. The van der Waals surface area contributed by atoms with Gasteiger partial charge in [-0.05, 0) is 59.7 Å². The number of hydrazone groups is 1. The fourth-order valence-corrected chi connectivity index (χ4v) is 3.03. The maximum atomic E-state index is 12.0. The normalized spacial score (nSPS) is 10.7. The van der Waals surface area contributed by atoms with E-state index >= 15 is 0 Å². The van der Waals surface area contributed by atoms with Gasteiger partial charge in [0.25, 0.3) is 0 Å². The molecule has 2 amide bonds. The van der Waals surface area contributed by atoms with Crippen molar-refractivity contribution in [3.8, 4) is 5.75 Å². The summed E-state index contributed by atoms with van der Waals surface area (Å²) >= 11 is 17.8. The summed E-state index contributed by atoms with van der Waals surface area (Å²) in [5.41, 5.74) is 4.39. The molecule has 164 valence electrons. The van der Waals surface area contributed by atoms with Crippen molar-refractivity contribution in [1.82, 2.24) is 5.43 Å². The van der Waals surface area contributed by atoms with Crippen molar-refractivity contribution in [2.45, 2.75) is 13.0 Å². The quantitative estimate of drug-likeness (QED) is 0.241. The van der Waals surface area contributed by atoms with Gasteiger partial charge < -0.3 is 10.1 Å². The Morgan fingerprint density at radius 2 is 1.62 bits per heavy atom. The first-order chi connectivity index (χ1) is 15.4. The minimum Gasteiger partial charge on any atom is -0.489 e. The maximum absolute atomic E-state index is 12.0. The van der Waals surface area contributed by atoms with Crippen LogP contribution in [0.5, 0.6) is 5.75 Å². The van der Waals surface area contributed by atoms with E-state index in [1.54, 1.807) is 42.5 Å². The number of hydrogen-bond acceptors (Lipinski definition) is 4. The molecule has 0 unspecified atom stereocenters. The molecule has 3 aromatic carbocycles. The molecule has 3 aromatic rings. The third-order valence-corrected chi connectivity index (χ3v) is 5.22. The van der Waals surface area contributed by atoms with E-state index in [9.17, 15) is 9.59 Å². The van der Waals surface area contributed by atoms with E-state index in [2.05, 4.69) is 15.8 Å². The van der Waals surface area contributed by atoms with Crippen LogP contribution in [0.2, 0.25) is 15.1 Å². The molecule has 32 heavy (non-hydrogen) atoms. The van der Waals surface area contributed by atoms with Gasteiger partial charge in [0.05, 0.1) is 21.9 Å². The maximum Gasteiger partial charge on any atom is 0.249 e. The van der Waals surface area contributed by atoms with Crippen LogP contribution < -0.4 is 15.5 Å². The van der Waals surface area contributed by atoms with E-state index in [4.69, 9.17) is 39.5 Å². The van der Waals surface area contributed by atoms with Gasteiger partial charge in [0.2, 0.25) is 11.8 Å². The topological polar surface area (TPSA) is 79.8 Å². The van der Waals surface area contributed by atoms with E-state index in [0.717, 1.165) is 11.1 Å². The van der Waals surface area contributed by atoms with Crippen LogP contribution in [0.15, 0.2) is 71.8 Å². The van der Waals surface area contributed by atoms with Gasteiger partial charge in [-0.25, -0.2) is 5.43 Å². The Kier molecular flexibility index (Phi) is 8.50. The van der Waals surface area contributed by atoms with Gasteiger partial charge in [0.1, 0.15) is 18.8 Å². The lowest BCUT2D eigenvalue weighted by Crippen LogP contribution is -2.24. The summed E-state index contributed by atoms with van der Waals surface area (Å²) in [6.45, 7) is 0.420. The summed E-state index contributed by atoms with van der Waals surface area (Å²) in [6, 6.07) is 19.4. The second-order valence-corrected chi connectivity index (χ2v) is 7.83. The average molecular weight is 491 g/mol. The Hall–Kier alpha value is -3.06. The fraction of sp³-hybridized carbons (Fsp3) is 0.0870. The Balaban J connectivity index is 1.43. The summed E-state index contributed by atoms with van der Waals surface area (Å²) in [4.78, 5) is 23.9. The molecule has 0 saturated heterocycles. The predicted octanol–water partition coefficient (Wildman–Crippen LogP) is 5.70. The molecule has 0 aliphatic rings. The number of anilines is 1. The summed E-state index contributed by atoms with van der Waals surface area (Å²) in [5, 5.41) is 7.59. The van der Waals surface area contributed by atoms with Crippen LogP contribution in [0.1, 0.15) is 17.5 Å². The first kappa shape index (κ1) is 23.6. The number of rotatable bonds is 8. The summed E-state index contributed by atoms with van der Waals surface area (Å²) in [7, 11) is 0. The van der Waals surface area contributed by atoms with Gasteiger partial charge in [0, 0.05) is 5.02 Å². The number of halogens is 3. The number of hydrogen-bond donors (Lipinski definition) is 2. The first-order valence-corrected chi connectivity index (χ1v) is 10.6. The molecule has 0 fully saturated rings. The van der Waals surface area contributed by atoms with Gasteiger partial charge in [-0.1, -0.05) is 53.0 Å². The molecule has 0 atom stereocenters. The molecule has 6 nitrogen and oxygen atoms in total. The SMILES string of the molecule is O=C(CC(=O)Nc1cccc(Cl)c1Cl)NN=Cc1ccc(OCc2ccc(Cl)cc2)cc1. The molecule has 0 aromatic heterocycles. The zero-order valence-corrected chi connectivity index (χ0v) is 18.9. The molecule has 3 rings (SSSR count). The number of ether oxygens (including phenoxy) is 1. The molecule has 0 radical (unpaired) electrons. The molecule has 0 spiro atoms. The summed E-state index contributed by atoms with van der Waals surface area (Å²) in [5.74, 6) is -0.415. The molecular weight excluding hydrogens is 473 g/mol. The first-order valence-electron chi connectivity index (χ1n) is 9.44. The third kappa shape index (κ3) is 7.27. The zero-order valence-electron chi connectivity index (χ0n) is 16.6. The Morgan fingerprint density at radius 3 is 2.34 bits per heavy atom. The van der Waals surface area contributed by atoms with Crippen molar-refractivity contribution in [1.29, 1.82) is 0 Å². The van der Waals surface area contributed by atoms with Crippen LogP contribution in [0, 0.1) is 0 Å². The van der Waals surface area contributed by atoms with Crippen LogP contribution in [-0.2, 0) is 16.2 Å². The third-order valence-electron chi connectivity index (χ3n) is 4.15. The van der Waals surface area contributed by atoms with E-state index in [-0.39, 0.29) is 5.02 Å². The zero-order chi connectivity index (χ0) is 22.9. The lowest BCUT2D eigenvalue weighted by Gasteiger charge is -2.07. The largest absolute Gasteiger partial charge is 0.489 e. The lowest BCUT2D eigenvalue weighted by atomic mass is 10.2. The van der Waals surface area contributed by atoms with E-state index < -0.39 is 18.2 Å². The van der Waals surface area contributed by atoms with Crippen LogP contribution in [0.25, 0.3) is 0 Å². The van der Waals surface area contributed by atoms with Gasteiger partial charge in [-0.15, -0.1) is 0 Å². The van der Waals surface area contributed by atoms with Crippen molar-refractivity contribution < 1.29 is 14.3 Å². The highest BCUT2D eigenvalue weighted by Gasteiger charge is 2.12. The van der Waals surface area contributed by atoms with Crippen molar-refractivity contribution >= 4 is 58.5 Å². The number of carbonyl (C=O) groups is 2. The number of carbonyl (C=O) groups excluding carboxylic acids is 2. The fourth-order valence-electron chi connectivity index (χ4n) is 2.56. The van der Waals surface area contributed by atoms with E-state index in [1.165, 1.54) is 6.21 Å². The number of amides is 2. The predicted molar refractivity (Wildman–Crippen MR) is 128 cm³/mol. The smallest absolute Gasteiger partial charge is 0.249 e. The summed E-state index contributed by atoms with van der Waals surface area (Å²) < 4.78 is 5.72. The van der Waals surface area contributed by atoms with Gasteiger partial charge in [-0.3, -0.25) is 9.59 Å². The van der Waals surface area contributed by atoms with Crippen LogP contribution in [-0.4, -0.2) is 18.0 Å².